The molecule has 1 aromatic carbocycles. The van der Waals surface area contributed by atoms with Crippen LogP contribution in [0.3, 0.4) is 0 Å². The van der Waals surface area contributed by atoms with Gasteiger partial charge in [-0.25, -0.2) is 0 Å². The maximum Gasteiger partial charge on any atom is 0.0191 e. The molecule has 0 aliphatic heterocycles. The highest BCUT2D eigenvalue weighted by Gasteiger charge is 1.97. The molecule has 0 bridgehead atoms. The zero-order valence-corrected chi connectivity index (χ0v) is 7.77. The number of aryl methyl sites for hydroxylation is 1. The van der Waals surface area contributed by atoms with Crippen LogP contribution in [0.1, 0.15) is 6.92 Å². The van der Waals surface area contributed by atoms with E-state index in [0.717, 1.165) is 6.54 Å². The molecule has 0 N–H and O–H groups in total. The third-order valence-electron chi connectivity index (χ3n) is 2.22. The first kappa shape index (κ1) is 8.11. The Morgan fingerprint density at radius 3 is 2.38 bits per heavy atom. The van der Waals surface area contributed by atoms with Gasteiger partial charge >= 0.3 is 0 Å². The Labute approximate surface area is 78.6 Å². The highest BCUT2D eigenvalue weighted by atomic mass is 14.9. The van der Waals surface area contributed by atoms with E-state index in [9.17, 15) is 0 Å². The molecule has 1 aromatic heterocycles. The van der Waals surface area contributed by atoms with E-state index in [1.807, 2.05) is 6.07 Å². The van der Waals surface area contributed by atoms with Crippen molar-refractivity contribution in [1.82, 2.24) is 4.57 Å². The predicted molar refractivity (Wildman–Crippen MR) is 55.5 cm³/mol. The maximum absolute atomic E-state index is 2.18. The number of benzene rings is 1. The lowest BCUT2D eigenvalue weighted by molar-refractivity contribution is 0.770. The summed E-state index contributed by atoms with van der Waals surface area (Å²) in [6.07, 6.45) is 4.29. The van der Waals surface area contributed by atoms with E-state index in [0.29, 0.717) is 0 Å². The first-order chi connectivity index (χ1) is 6.40. The summed E-state index contributed by atoms with van der Waals surface area (Å²) in [5.74, 6) is 0. The fourth-order valence-corrected chi connectivity index (χ4v) is 1.44. The standard InChI is InChI=1S/C12H13N/c1-2-13-9-8-12(10-13)11-6-4-3-5-7-11/h3-10H,2H2,1H3. The summed E-state index contributed by atoms with van der Waals surface area (Å²) in [5.41, 5.74) is 2.58. The van der Waals surface area contributed by atoms with Crippen LogP contribution in [0, 0.1) is 0 Å². The smallest absolute Gasteiger partial charge is 0.0191 e. The van der Waals surface area contributed by atoms with Gasteiger partial charge in [0.1, 0.15) is 0 Å². The molecule has 2 rings (SSSR count). The second kappa shape index (κ2) is 3.48. The summed E-state index contributed by atoms with van der Waals surface area (Å²) in [6.45, 7) is 3.18. The molecule has 2 aromatic rings. The van der Waals surface area contributed by atoms with Gasteiger partial charge in [0, 0.05) is 18.9 Å². The summed E-state index contributed by atoms with van der Waals surface area (Å²) < 4.78 is 2.18. The van der Waals surface area contributed by atoms with Crippen molar-refractivity contribution in [2.45, 2.75) is 13.5 Å². The second-order valence-electron chi connectivity index (χ2n) is 3.10. The predicted octanol–water partition coefficient (Wildman–Crippen LogP) is 3.18. The summed E-state index contributed by atoms with van der Waals surface area (Å²) in [4.78, 5) is 0. The van der Waals surface area contributed by atoms with Crippen molar-refractivity contribution >= 4 is 0 Å². The van der Waals surface area contributed by atoms with Crippen molar-refractivity contribution in [3.05, 3.63) is 48.8 Å². The van der Waals surface area contributed by atoms with Crippen LogP contribution in [0.5, 0.6) is 0 Å². The van der Waals surface area contributed by atoms with Gasteiger partial charge in [0.25, 0.3) is 0 Å². The average Bonchev–Trinajstić information content (AvgIpc) is 2.67. The molecule has 0 saturated heterocycles. The van der Waals surface area contributed by atoms with E-state index >= 15 is 0 Å². The van der Waals surface area contributed by atoms with E-state index in [1.54, 1.807) is 0 Å². The van der Waals surface area contributed by atoms with Gasteiger partial charge in [0.15, 0.2) is 0 Å². The SMILES string of the molecule is CCn1ccc(-c2ccccc2)c1. The Bertz CT molecular complexity index is 373. The molecule has 0 amide bonds. The lowest BCUT2D eigenvalue weighted by Gasteiger charge is -1.96. The monoisotopic (exact) mass is 171 g/mol. The number of hydrogen-bond acceptors (Lipinski definition) is 0. The van der Waals surface area contributed by atoms with Crippen molar-refractivity contribution < 1.29 is 0 Å². The molecule has 0 saturated carbocycles. The largest absolute Gasteiger partial charge is 0.354 e. The van der Waals surface area contributed by atoms with Crippen LogP contribution in [0.4, 0.5) is 0 Å². The molecule has 0 atom stereocenters. The number of rotatable bonds is 2. The van der Waals surface area contributed by atoms with Crippen molar-refractivity contribution in [2.24, 2.45) is 0 Å². The van der Waals surface area contributed by atoms with E-state index in [1.165, 1.54) is 11.1 Å². The summed E-state index contributed by atoms with van der Waals surface area (Å²) >= 11 is 0. The number of hydrogen-bond donors (Lipinski definition) is 0. The van der Waals surface area contributed by atoms with Crippen molar-refractivity contribution in [3.63, 3.8) is 0 Å². The molecule has 0 radical (unpaired) electrons. The lowest BCUT2D eigenvalue weighted by atomic mass is 10.1. The van der Waals surface area contributed by atoms with Gasteiger partial charge in [-0.15, -0.1) is 0 Å². The Morgan fingerprint density at radius 1 is 1.00 bits per heavy atom. The maximum atomic E-state index is 2.18. The van der Waals surface area contributed by atoms with Crippen LogP contribution in [-0.2, 0) is 6.54 Å². The van der Waals surface area contributed by atoms with Crippen molar-refractivity contribution in [3.8, 4) is 11.1 Å². The first-order valence-electron chi connectivity index (χ1n) is 4.61. The molecule has 0 aliphatic rings. The lowest BCUT2D eigenvalue weighted by Crippen LogP contribution is -1.86. The van der Waals surface area contributed by atoms with E-state index in [2.05, 4.69) is 54.2 Å². The van der Waals surface area contributed by atoms with Gasteiger partial charge in [-0.05, 0) is 24.1 Å². The van der Waals surface area contributed by atoms with Crippen LogP contribution in [0.25, 0.3) is 11.1 Å². The zero-order valence-electron chi connectivity index (χ0n) is 7.77. The van der Waals surface area contributed by atoms with E-state index in [-0.39, 0.29) is 0 Å². The van der Waals surface area contributed by atoms with Crippen LogP contribution < -0.4 is 0 Å². The molecule has 13 heavy (non-hydrogen) atoms. The third kappa shape index (κ3) is 1.64. The van der Waals surface area contributed by atoms with Crippen LogP contribution >= 0.6 is 0 Å². The number of aromatic nitrogens is 1. The molecule has 0 spiro atoms. The molecule has 0 unspecified atom stereocenters. The van der Waals surface area contributed by atoms with Crippen molar-refractivity contribution in [2.75, 3.05) is 0 Å². The molecule has 0 fully saturated rings. The Kier molecular flexibility index (Phi) is 2.17. The quantitative estimate of drug-likeness (QED) is 0.654. The molecular formula is C12H13N. The topological polar surface area (TPSA) is 4.93 Å². The minimum atomic E-state index is 1.03. The molecule has 1 heterocycles. The normalized spacial score (nSPS) is 10.2. The molecule has 0 aliphatic carbocycles. The average molecular weight is 171 g/mol. The first-order valence-corrected chi connectivity index (χ1v) is 4.61. The minimum absolute atomic E-state index is 1.03. The van der Waals surface area contributed by atoms with Crippen LogP contribution in [-0.4, -0.2) is 4.57 Å². The fraction of sp³-hybridized carbons (Fsp3) is 0.167. The van der Waals surface area contributed by atoms with Crippen LogP contribution in [0.2, 0.25) is 0 Å². The Hall–Kier alpha value is -1.50. The third-order valence-corrected chi connectivity index (χ3v) is 2.22. The molecule has 1 nitrogen and oxygen atoms in total. The fourth-order valence-electron chi connectivity index (χ4n) is 1.44. The van der Waals surface area contributed by atoms with Gasteiger partial charge in [-0.1, -0.05) is 30.3 Å². The zero-order chi connectivity index (χ0) is 9.10. The highest BCUT2D eigenvalue weighted by molar-refractivity contribution is 5.62. The molecular weight excluding hydrogens is 158 g/mol. The second-order valence-corrected chi connectivity index (χ2v) is 3.10. The summed E-state index contributed by atoms with van der Waals surface area (Å²) in [6, 6.07) is 12.6. The summed E-state index contributed by atoms with van der Waals surface area (Å²) in [5, 5.41) is 0. The summed E-state index contributed by atoms with van der Waals surface area (Å²) in [7, 11) is 0. The van der Waals surface area contributed by atoms with E-state index < -0.39 is 0 Å². The van der Waals surface area contributed by atoms with Crippen LogP contribution in [0.15, 0.2) is 48.8 Å². The van der Waals surface area contributed by atoms with Gasteiger partial charge < -0.3 is 4.57 Å². The van der Waals surface area contributed by atoms with Gasteiger partial charge in [0.05, 0.1) is 0 Å². The molecule has 66 valence electrons. The van der Waals surface area contributed by atoms with Gasteiger partial charge in [-0.2, -0.15) is 0 Å². The van der Waals surface area contributed by atoms with E-state index in [4.69, 9.17) is 0 Å². The number of nitrogens with zero attached hydrogens (tertiary/aromatic N) is 1. The van der Waals surface area contributed by atoms with Gasteiger partial charge in [0.2, 0.25) is 0 Å². The molecule has 1 heteroatoms. The highest BCUT2D eigenvalue weighted by Crippen LogP contribution is 2.18. The van der Waals surface area contributed by atoms with Crippen molar-refractivity contribution in [1.29, 1.82) is 0 Å². The minimum Gasteiger partial charge on any atom is -0.354 e. The van der Waals surface area contributed by atoms with Gasteiger partial charge in [-0.3, -0.25) is 0 Å². The Morgan fingerprint density at radius 2 is 1.77 bits per heavy atom. The Balaban J connectivity index is 2.36.